The highest BCUT2D eigenvalue weighted by atomic mass is 79.9. The summed E-state index contributed by atoms with van der Waals surface area (Å²) in [5, 5.41) is 0. The van der Waals surface area contributed by atoms with Gasteiger partial charge in [-0.25, -0.2) is 17.9 Å². The maximum Gasteiger partial charge on any atom is 0.409 e. The van der Waals surface area contributed by atoms with Gasteiger partial charge in [0.1, 0.15) is 5.75 Å². The summed E-state index contributed by atoms with van der Waals surface area (Å²) in [4.78, 5) is 13.4. The number of nitrogens with one attached hydrogen (secondary N) is 1. The number of halogens is 1. The number of carbonyl (C=O) groups is 1. The molecule has 2 rings (SSSR count). The second kappa shape index (κ2) is 8.17. The van der Waals surface area contributed by atoms with Crippen molar-refractivity contribution >= 4 is 32.0 Å². The number of methoxy groups -OCH3 is 1. The monoisotopic (exact) mass is 420 g/mol. The molecule has 0 atom stereocenters. The number of nitrogens with zero attached hydrogens (tertiary/aromatic N) is 1. The zero-order chi connectivity index (χ0) is 17.7. The van der Waals surface area contributed by atoms with E-state index in [0.717, 1.165) is 0 Å². The minimum Gasteiger partial charge on any atom is -0.496 e. The molecular weight excluding hydrogens is 400 g/mol. The quantitative estimate of drug-likeness (QED) is 0.789. The molecule has 1 saturated heterocycles. The third kappa shape index (κ3) is 4.61. The van der Waals surface area contributed by atoms with Crippen molar-refractivity contribution in [3.63, 3.8) is 0 Å². The normalized spacial score (nSPS) is 16.0. The van der Waals surface area contributed by atoms with Gasteiger partial charge in [-0.05, 0) is 53.9 Å². The van der Waals surface area contributed by atoms with E-state index < -0.39 is 10.0 Å². The Morgan fingerprint density at radius 3 is 2.58 bits per heavy atom. The number of sulfonamides is 1. The largest absolute Gasteiger partial charge is 0.496 e. The molecule has 24 heavy (non-hydrogen) atoms. The molecular formula is C15H21BrN2O5S. The second-order valence-corrected chi connectivity index (χ2v) is 7.95. The van der Waals surface area contributed by atoms with Gasteiger partial charge in [0.2, 0.25) is 10.0 Å². The van der Waals surface area contributed by atoms with E-state index in [1.165, 1.54) is 19.2 Å². The van der Waals surface area contributed by atoms with Gasteiger partial charge >= 0.3 is 6.09 Å². The van der Waals surface area contributed by atoms with Gasteiger partial charge in [0, 0.05) is 19.1 Å². The van der Waals surface area contributed by atoms with Crippen LogP contribution in [0, 0.1) is 0 Å². The Balaban J connectivity index is 1.98. The SMILES string of the molecule is CCOC(=O)N1CCC(NS(=O)(=O)c2ccc(OC)c(Br)c2)CC1. The van der Waals surface area contributed by atoms with Gasteiger partial charge in [-0.2, -0.15) is 0 Å². The highest BCUT2D eigenvalue weighted by Gasteiger charge is 2.27. The van der Waals surface area contributed by atoms with E-state index in [1.807, 2.05) is 0 Å². The lowest BCUT2D eigenvalue weighted by molar-refractivity contribution is 0.0966. The number of carbonyl (C=O) groups excluding carboxylic acids is 1. The van der Waals surface area contributed by atoms with Crippen molar-refractivity contribution in [3.05, 3.63) is 22.7 Å². The molecule has 0 bridgehead atoms. The summed E-state index contributed by atoms with van der Waals surface area (Å²) in [6.07, 6.45) is 0.753. The van der Waals surface area contributed by atoms with E-state index in [0.29, 0.717) is 42.8 Å². The molecule has 1 fully saturated rings. The Bertz CT molecular complexity index is 687. The maximum absolute atomic E-state index is 12.5. The molecule has 1 aliphatic rings. The lowest BCUT2D eigenvalue weighted by Crippen LogP contribution is -2.46. The van der Waals surface area contributed by atoms with E-state index in [1.54, 1.807) is 17.9 Å². The van der Waals surface area contributed by atoms with Gasteiger partial charge in [-0.3, -0.25) is 0 Å². The van der Waals surface area contributed by atoms with E-state index in [-0.39, 0.29) is 17.0 Å². The highest BCUT2D eigenvalue weighted by molar-refractivity contribution is 9.10. The van der Waals surface area contributed by atoms with Crippen LogP contribution < -0.4 is 9.46 Å². The number of benzene rings is 1. The first-order chi connectivity index (χ1) is 11.4. The van der Waals surface area contributed by atoms with E-state index >= 15 is 0 Å². The van der Waals surface area contributed by atoms with Crippen molar-refractivity contribution in [1.29, 1.82) is 0 Å². The number of hydrogen-bond donors (Lipinski definition) is 1. The first-order valence-electron chi connectivity index (χ1n) is 7.65. The third-order valence-electron chi connectivity index (χ3n) is 3.78. The number of likely N-dealkylation sites (tertiary alicyclic amines) is 1. The van der Waals surface area contributed by atoms with Crippen molar-refractivity contribution in [2.45, 2.75) is 30.7 Å². The highest BCUT2D eigenvalue weighted by Crippen LogP contribution is 2.27. The van der Waals surface area contributed by atoms with Crippen LogP contribution in [-0.4, -0.2) is 52.3 Å². The summed E-state index contributed by atoms with van der Waals surface area (Å²) >= 11 is 3.29. The molecule has 0 saturated carbocycles. The molecule has 0 aromatic heterocycles. The van der Waals surface area contributed by atoms with Crippen molar-refractivity contribution in [2.24, 2.45) is 0 Å². The number of hydrogen-bond acceptors (Lipinski definition) is 5. The van der Waals surface area contributed by atoms with Crippen molar-refractivity contribution < 1.29 is 22.7 Å². The van der Waals surface area contributed by atoms with Crippen molar-refractivity contribution in [3.8, 4) is 5.75 Å². The summed E-state index contributed by atoms with van der Waals surface area (Å²) in [6.45, 7) is 3.03. The van der Waals surface area contributed by atoms with Crippen LogP contribution in [0.25, 0.3) is 0 Å². The Morgan fingerprint density at radius 2 is 2.04 bits per heavy atom. The summed E-state index contributed by atoms with van der Waals surface area (Å²) in [5.41, 5.74) is 0. The van der Waals surface area contributed by atoms with Gasteiger partial charge in [-0.1, -0.05) is 0 Å². The zero-order valence-corrected chi connectivity index (χ0v) is 16.0. The third-order valence-corrected chi connectivity index (χ3v) is 5.91. The molecule has 0 aliphatic carbocycles. The van der Waals surface area contributed by atoms with E-state index in [2.05, 4.69) is 20.7 Å². The first-order valence-corrected chi connectivity index (χ1v) is 9.92. The van der Waals surface area contributed by atoms with Crippen LogP contribution in [0.1, 0.15) is 19.8 Å². The predicted molar refractivity (Wildman–Crippen MR) is 92.6 cm³/mol. The minimum atomic E-state index is -3.63. The summed E-state index contributed by atoms with van der Waals surface area (Å²) in [5.74, 6) is 0.566. The maximum atomic E-state index is 12.5. The van der Waals surface area contributed by atoms with E-state index in [9.17, 15) is 13.2 Å². The Morgan fingerprint density at radius 1 is 1.38 bits per heavy atom. The lowest BCUT2D eigenvalue weighted by atomic mass is 10.1. The fourth-order valence-corrected chi connectivity index (χ4v) is 4.52. The smallest absolute Gasteiger partial charge is 0.409 e. The van der Waals surface area contributed by atoms with Gasteiger partial charge < -0.3 is 14.4 Å². The van der Waals surface area contributed by atoms with Gasteiger partial charge in [0.25, 0.3) is 0 Å². The summed E-state index contributed by atoms with van der Waals surface area (Å²) in [7, 11) is -2.11. The molecule has 1 aromatic carbocycles. The first kappa shape index (κ1) is 19.0. The number of amides is 1. The molecule has 0 radical (unpaired) electrons. The molecule has 0 unspecified atom stereocenters. The molecule has 134 valence electrons. The Hall–Kier alpha value is -1.32. The Labute approximate surface area is 150 Å². The van der Waals surface area contributed by atoms with Gasteiger partial charge in [-0.15, -0.1) is 0 Å². The zero-order valence-electron chi connectivity index (χ0n) is 13.6. The van der Waals surface area contributed by atoms with Gasteiger partial charge in [0.15, 0.2) is 0 Å². The average molecular weight is 421 g/mol. The van der Waals surface area contributed by atoms with Crippen LogP contribution >= 0.6 is 15.9 Å². The molecule has 1 aliphatic heterocycles. The molecule has 1 N–H and O–H groups in total. The minimum absolute atomic E-state index is 0.169. The fourth-order valence-electron chi connectivity index (χ4n) is 2.50. The Kier molecular flexibility index (Phi) is 6.47. The number of rotatable bonds is 5. The topological polar surface area (TPSA) is 84.9 Å². The van der Waals surface area contributed by atoms with Crippen LogP contribution in [0.5, 0.6) is 5.75 Å². The van der Waals surface area contributed by atoms with Crippen LogP contribution in [0.15, 0.2) is 27.6 Å². The van der Waals surface area contributed by atoms with Crippen LogP contribution in [-0.2, 0) is 14.8 Å². The van der Waals surface area contributed by atoms with Crippen LogP contribution in [0.3, 0.4) is 0 Å². The van der Waals surface area contributed by atoms with Crippen molar-refractivity contribution in [1.82, 2.24) is 9.62 Å². The molecule has 1 aromatic rings. The number of ether oxygens (including phenoxy) is 2. The second-order valence-electron chi connectivity index (χ2n) is 5.38. The number of piperidine rings is 1. The van der Waals surface area contributed by atoms with Crippen molar-refractivity contribution in [2.75, 3.05) is 26.8 Å². The lowest BCUT2D eigenvalue weighted by Gasteiger charge is -2.31. The molecule has 7 nitrogen and oxygen atoms in total. The molecule has 9 heteroatoms. The summed E-state index contributed by atoms with van der Waals surface area (Å²) < 4.78 is 38.3. The molecule has 1 amide bonds. The fraction of sp³-hybridized carbons (Fsp3) is 0.533. The van der Waals surface area contributed by atoms with Crippen LogP contribution in [0.4, 0.5) is 4.79 Å². The van der Waals surface area contributed by atoms with E-state index in [4.69, 9.17) is 9.47 Å². The summed E-state index contributed by atoms with van der Waals surface area (Å²) in [6, 6.07) is 4.40. The predicted octanol–water partition coefficient (Wildman–Crippen LogP) is 2.36. The standard InChI is InChI=1S/C15H21BrN2O5S/c1-3-23-15(19)18-8-6-11(7-9-18)17-24(20,21)12-4-5-14(22-2)13(16)10-12/h4-5,10-11,17H,3,6-9H2,1-2H3. The van der Waals surface area contributed by atoms with Gasteiger partial charge in [0.05, 0.1) is 23.1 Å². The molecule has 1 heterocycles. The van der Waals surface area contributed by atoms with Crippen LogP contribution in [0.2, 0.25) is 0 Å². The average Bonchev–Trinajstić information content (AvgIpc) is 2.55. The molecule has 0 spiro atoms.